The second kappa shape index (κ2) is 3.94. The standard InChI is InChI=1S/C11H11NO4/c1-7(13)6-12-10(14)8-4-2-3-5-9(8)16-11(12)15/h2-5,7,13H,6H2,1H3. The lowest BCUT2D eigenvalue weighted by Crippen LogP contribution is -2.35. The van der Waals surface area contributed by atoms with Gasteiger partial charge in [-0.25, -0.2) is 9.36 Å². The van der Waals surface area contributed by atoms with E-state index >= 15 is 0 Å². The Morgan fingerprint density at radius 1 is 1.38 bits per heavy atom. The highest BCUT2D eigenvalue weighted by Crippen LogP contribution is 2.05. The summed E-state index contributed by atoms with van der Waals surface area (Å²) in [6.07, 6.45) is -0.776. The molecule has 5 heteroatoms. The highest BCUT2D eigenvalue weighted by molar-refractivity contribution is 5.74. The van der Waals surface area contributed by atoms with Crippen molar-refractivity contribution >= 4 is 11.0 Å². The van der Waals surface area contributed by atoms with Gasteiger partial charge in [0.25, 0.3) is 5.56 Å². The van der Waals surface area contributed by atoms with E-state index in [1.54, 1.807) is 24.3 Å². The number of aromatic nitrogens is 1. The van der Waals surface area contributed by atoms with Gasteiger partial charge in [0.15, 0.2) is 0 Å². The van der Waals surface area contributed by atoms with Crippen molar-refractivity contribution in [2.75, 3.05) is 0 Å². The summed E-state index contributed by atoms with van der Waals surface area (Å²) in [4.78, 5) is 23.4. The molecule has 2 rings (SSSR count). The van der Waals surface area contributed by atoms with E-state index in [1.165, 1.54) is 6.92 Å². The van der Waals surface area contributed by atoms with Gasteiger partial charge in [0.2, 0.25) is 0 Å². The fraction of sp³-hybridized carbons (Fsp3) is 0.273. The van der Waals surface area contributed by atoms with Gasteiger partial charge in [-0.3, -0.25) is 4.79 Å². The topological polar surface area (TPSA) is 72.4 Å². The Hall–Kier alpha value is -1.88. The van der Waals surface area contributed by atoms with E-state index < -0.39 is 17.4 Å². The summed E-state index contributed by atoms with van der Waals surface area (Å²) in [5.74, 6) is -0.746. The maximum atomic E-state index is 11.9. The Labute approximate surface area is 90.6 Å². The minimum absolute atomic E-state index is 0.0635. The van der Waals surface area contributed by atoms with Gasteiger partial charge in [-0.05, 0) is 19.1 Å². The maximum Gasteiger partial charge on any atom is 0.422 e. The molecule has 1 atom stereocenters. The summed E-state index contributed by atoms with van der Waals surface area (Å²) in [6.45, 7) is 1.44. The zero-order chi connectivity index (χ0) is 11.7. The van der Waals surface area contributed by atoms with E-state index in [0.29, 0.717) is 5.39 Å². The number of benzene rings is 1. The Morgan fingerprint density at radius 2 is 2.06 bits per heavy atom. The van der Waals surface area contributed by atoms with E-state index in [2.05, 4.69) is 0 Å². The van der Waals surface area contributed by atoms with Gasteiger partial charge >= 0.3 is 5.76 Å². The van der Waals surface area contributed by atoms with Crippen molar-refractivity contribution < 1.29 is 9.52 Å². The Morgan fingerprint density at radius 3 is 2.75 bits per heavy atom. The third-order valence-electron chi connectivity index (χ3n) is 2.23. The fourth-order valence-corrected chi connectivity index (χ4v) is 1.53. The molecule has 1 aromatic carbocycles. The van der Waals surface area contributed by atoms with Crippen LogP contribution in [-0.4, -0.2) is 15.8 Å². The van der Waals surface area contributed by atoms with Crippen LogP contribution < -0.4 is 11.3 Å². The predicted octanol–water partition coefficient (Wildman–Crippen LogP) is 0.336. The number of aliphatic hydroxyl groups excluding tert-OH is 1. The highest BCUT2D eigenvalue weighted by Gasteiger charge is 2.10. The molecule has 1 aromatic heterocycles. The molecule has 0 bridgehead atoms. The number of fused-ring (bicyclic) bond motifs is 1. The first kappa shape index (κ1) is 10.6. The normalized spacial score (nSPS) is 12.9. The summed E-state index contributed by atoms with van der Waals surface area (Å²) in [6, 6.07) is 6.52. The molecule has 0 saturated heterocycles. The van der Waals surface area contributed by atoms with Crippen LogP contribution in [0.1, 0.15) is 6.92 Å². The molecule has 0 amide bonds. The van der Waals surface area contributed by atoms with Gasteiger partial charge in [0, 0.05) is 0 Å². The number of hydrogen-bond acceptors (Lipinski definition) is 4. The molecule has 2 aromatic rings. The van der Waals surface area contributed by atoms with Gasteiger partial charge in [-0.2, -0.15) is 0 Å². The third-order valence-corrected chi connectivity index (χ3v) is 2.23. The lowest BCUT2D eigenvalue weighted by Gasteiger charge is -2.06. The number of aliphatic hydroxyl groups is 1. The predicted molar refractivity (Wildman–Crippen MR) is 58.4 cm³/mol. The van der Waals surface area contributed by atoms with E-state index in [9.17, 15) is 14.7 Å². The van der Waals surface area contributed by atoms with Gasteiger partial charge in [-0.15, -0.1) is 0 Å². The molecular weight excluding hydrogens is 210 g/mol. The van der Waals surface area contributed by atoms with Crippen LogP contribution in [0.15, 0.2) is 38.3 Å². The lowest BCUT2D eigenvalue weighted by molar-refractivity contribution is 0.166. The molecule has 1 N–H and O–H groups in total. The molecule has 0 aliphatic heterocycles. The van der Waals surface area contributed by atoms with Gasteiger partial charge < -0.3 is 9.52 Å². The largest absolute Gasteiger partial charge is 0.422 e. The Bertz CT molecular complexity index is 624. The van der Waals surface area contributed by atoms with Crippen molar-refractivity contribution in [3.8, 4) is 0 Å². The van der Waals surface area contributed by atoms with Crippen molar-refractivity contribution in [1.29, 1.82) is 0 Å². The minimum Gasteiger partial charge on any atom is -0.409 e. The van der Waals surface area contributed by atoms with Crippen molar-refractivity contribution in [1.82, 2.24) is 4.57 Å². The molecule has 0 aliphatic rings. The molecule has 1 unspecified atom stereocenters. The highest BCUT2D eigenvalue weighted by atomic mass is 16.4. The van der Waals surface area contributed by atoms with Crippen LogP contribution >= 0.6 is 0 Å². The lowest BCUT2D eigenvalue weighted by atomic mass is 10.2. The number of rotatable bonds is 2. The first-order valence-electron chi connectivity index (χ1n) is 4.90. The zero-order valence-electron chi connectivity index (χ0n) is 8.71. The Balaban J connectivity index is 2.76. The van der Waals surface area contributed by atoms with E-state index in [-0.39, 0.29) is 12.1 Å². The average molecular weight is 221 g/mol. The molecule has 84 valence electrons. The van der Waals surface area contributed by atoms with Gasteiger partial charge in [0.05, 0.1) is 18.0 Å². The van der Waals surface area contributed by atoms with Crippen LogP contribution in [0.4, 0.5) is 0 Å². The molecular formula is C11H11NO4. The second-order valence-electron chi connectivity index (χ2n) is 3.63. The molecule has 0 radical (unpaired) electrons. The number of para-hydroxylation sites is 1. The third kappa shape index (κ3) is 1.77. The van der Waals surface area contributed by atoms with Crippen molar-refractivity contribution in [3.63, 3.8) is 0 Å². The van der Waals surface area contributed by atoms with Crippen LogP contribution in [0.2, 0.25) is 0 Å². The molecule has 0 spiro atoms. The van der Waals surface area contributed by atoms with E-state index in [0.717, 1.165) is 4.57 Å². The summed E-state index contributed by atoms with van der Waals surface area (Å²) >= 11 is 0. The Kier molecular flexibility index (Phi) is 2.62. The van der Waals surface area contributed by atoms with Gasteiger partial charge in [-0.1, -0.05) is 12.1 Å². The smallest absolute Gasteiger partial charge is 0.409 e. The quantitative estimate of drug-likeness (QED) is 0.793. The molecule has 16 heavy (non-hydrogen) atoms. The molecule has 0 saturated carbocycles. The monoisotopic (exact) mass is 221 g/mol. The molecule has 1 heterocycles. The second-order valence-corrected chi connectivity index (χ2v) is 3.63. The summed E-state index contributed by atoms with van der Waals surface area (Å²) in [5.41, 5.74) is -0.174. The molecule has 0 aliphatic carbocycles. The van der Waals surface area contributed by atoms with Crippen molar-refractivity contribution in [3.05, 3.63) is 45.2 Å². The van der Waals surface area contributed by atoms with Crippen LogP contribution in [0, 0.1) is 0 Å². The summed E-state index contributed by atoms with van der Waals surface area (Å²) < 4.78 is 5.87. The molecule has 0 fully saturated rings. The van der Waals surface area contributed by atoms with E-state index in [1.807, 2.05) is 0 Å². The van der Waals surface area contributed by atoms with Crippen molar-refractivity contribution in [2.45, 2.75) is 19.6 Å². The average Bonchev–Trinajstić information content (AvgIpc) is 2.24. The van der Waals surface area contributed by atoms with Crippen LogP contribution in [0.5, 0.6) is 0 Å². The van der Waals surface area contributed by atoms with E-state index in [4.69, 9.17) is 4.42 Å². The SMILES string of the molecule is CC(O)Cn1c(=O)oc2ccccc2c1=O. The fourth-order valence-electron chi connectivity index (χ4n) is 1.53. The van der Waals surface area contributed by atoms with Crippen LogP contribution in [0.3, 0.4) is 0 Å². The molecule has 5 nitrogen and oxygen atoms in total. The summed E-state index contributed by atoms with van der Waals surface area (Å²) in [5, 5.41) is 9.52. The maximum absolute atomic E-state index is 11.9. The first-order chi connectivity index (χ1) is 7.59. The minimum atomic E-state index is -0.776. The van der Waals surface area contributed by atoms with Crippen molar-refractivity contribution in [2.24, 2.45) is 0 Å². The van der Waals surface area contributed by atoms with Crippen LogP contribution in [0.25, 0.3) is 11.0 Å². The number of nitrogens with zero attached hydrogens (tertiary/aromatic N) is 1. The zero-order valence-corrected chi connectivity index (χ0v) is 8.71. The van der Waals surface area contributed by atoms with Crippen LogP contribution in [-0.2, 0) is 6.54 Å². The number of hydrogen-bond donors (Lipinski definition) is 1. The summed E-state index contributed by atoms with van der Waals surface area (Å²) in [7, 11) is 0. The van der Waals surface area contributed by atoms with Gasteiger partial charge in [0.1, 0.15) is 5.58 Å². The first-order valence-corrected chi connectivity index (χ1v) is 4.90.